The van der Waals surface area contributed by atoms with E-state index in [9.17, 15) is 25.3 Å². The van der Waals surface area contributed by atoms with Crippen LogP contribution in [0.15, 0.2) is 24.3 Å². The number of phenols is 3. The van der Waals surface area contributed by atoms with E-state index in [2.05, 4.69) is 0 Å². The van der Waals surface area contributed by atoms with Crippen LogP contribution in [0, 0.1) is 34.1 Å². The largest absolute Gasteiger partial charge is 0.504 e. The van der Waals surface area contributed by atoms with Crippen LogP contribution < -0.4 is 4.74 Å². The van der Waals surface area contributed by atoms with Crippen LogP contribution in [0.5, 0.6) is 23.0 Å². The molecule has 0 saturated heterocycles. The van der Waals surface area contributed by atoms with Gasteiger partial charge in [-0.2, -0.15) is 0 Å². The number of nitro groups is 2. The first-order chi connectivity index (χ1) is 11.6. The highest BCUT2D eigenvalue weighted by molar-refractivity contribution is 8.93. The number of nitrogens with zero attached hydrogens (tertiary/aromatic N) is 2. The van der Waals surface area contributed by atoms with Gasteiger partial charge in [-0.05, 0) is 37.1 Å². The van der Waals surface area contributed by atoms with E-state index in [1.165, 1.54) is 31.4 Å². The summed E-state index contributed by atoms with van der Waals surface area (Å²) in [5.41, 5.74) is 0.378. The van der Waals surface area contributed by atoms with Crippen molar-refractivity contribution >= 4 is 28.4 Å². The van der Waals surface area contributed by atoms with E-state index in [1.807, 2.05) is 0 Å². The lowest BCUT2D eigenvalue weighted by atomic mass is 10.2. The summed E-state index contributed by atoms with van der Waals surface area (Å²) in [5, 5.41) is 48.0. The summed E-state index contributed by atoms with van der Waals surface area (Å²) in [4.78, 5) is 19.3. The van der Waals surface area contributed by atoms with Crippen molar-refractivity contribution in [2.24, 2.45) is 0 Å². The fourth-order valence-electron chi connectivity index (χ4n) is 1.90. The summed E-state index contributed by atoms with van der Waals surface area (Å²) < 4.78 is 4.76. The highest BCUT2D eigenvalue weighted by atomic mass is 79.9. The smallest absolute Gasteiger partial charge is 0.314 e. The summed E-state index contributed by atoms with van der Waals surface area (Å²) in [6.45, 7) is 3.28. The minimum Gasteiger partial charge on any atom is -0.504 e. The minimum absolute atomic E-state index is 0. The van der Waals surface area contributed by atoms with Gasteiger partial charge in [0.05, 0.1) is 17.0 Å². The SMILES string of the molecule is Br.COc1cc(C)cc([N+](=O)[O-])c1O.Cc1cc(O)c(O)c([N+](=O)[O-])c1. The summed E-state index contributed by atoms with van der Waals surface area (Å²) >= 11 is 0. The molecule has 0 aliphatic heterocycles. The zero-order valence-electron chi connectivity index (χ0n) is 14.0. The quantitative estimate of drug-likeness (QED) is 0.377. The third-order valence-corrected chi connectivity index (χ3v) is 3.03. The first-order valence-corrected chi connectivity index (χ1v) is 6.77. The van der Waals surface area contributed by atoms with Crippen molar-refractivity contribution in [3.63, 3.8) is 0 Å². The number of phenolic OH excluding ortho intramolecular Hbond substituents is 3. The molecule has 142 valence electrons. The molecule has 0 aromatic heterocycles. The van der Waals surface area contributed by atoms with Crippen LogP contribution in [0.4, 0.5) is 11.4 Å². The second kappa shape index (κ2) is 9.42. The Morgan fingerprint density at radius 2 is 1.27 bits per heavy atom. The Balaban J connectivity index is 0.000000464. The topological polar surface area (TPSA) is 156 Å². The average Bonchev–Trinajstić information content (AvgIpc) is 2.52. The highest BCUT2D eigenvalue weighted by Gasteiger charge is 2.18. The molecule has 2 aromatic rings. The van der Waals surface area contributed by atoms with Gasteiger partial charge in [0.2, 0.25) is 11.5 Å². The number of rotatable bonds is 3. The summed E-state index contributed by atoms with van der Waals surface area (Å²) in [7, 11) is 1.35. The van der Waals surface area contributed by atoms with E-state index in [4.69, 9.17) is 14.9 Å². The van der Waals surface area contributed by atoms with Crippen LogP contribution in [-0.2, 0) is 0 Å². The Bertz CT molecular complexity index is 826. The van der Waals surface area contributed by atoms with E-state index in [0.29, 0.717) is 11.1 Å². The number of aromatic hydroxyl groups is 3. The Morgan fingerprint density at radius 3 is 1.69 bits per heavy atom. The zero-order chi connectivity index (χ0) is 19.3. The van der Waals surface area contributed by atoms with E-state index >= 15 is 0 Å². The standard InChI is InChI=1S/C8H9NO4.C7H7NO4.BrH/c1-5-3-6(9(11)12)8(10)7(4-5)13-2;1-4-2-5(8(11)12)7(10)6(9)3-4;/h3-4,10H,1-2H3;2-3,9-10H,1H3;1H. The van der Waals surface area contributed by atoms with Crippen molar-refractivity contribution in [2.45, 2.75) is 13.8 Å². The lowest BCUT2D eigenvalue weighted by molar-refractivity contribution is -0.386. The van der Waals surface area contributed by atoms with Crippen LogP contribution in [-0.4, -0.2) is 32.3 Å². The Kier molecular flexibility index (Phi) is 8.30. The fraction of sp³-hybridized carbons (Fsp3) is 0.200. The van der Waals surface area contributed by atoms with E-state index in [1.54, 1.807) is 13.8 Å². The number of ether oxygens (including phenoxy) is 1. The lowest BCUT2D eigenvalue weighted by Crippen LogP contribution is -1.92. The Labute approximate surface area is 158 Å². The molecule has 0 heterocycles. The van der Waals surface area contributed by atoms with Gasteiger partial charge in [-0.1, -0.05) is 0 Å². The molecular formula is C15H17BrN2O8. The van der Waals surface area contributed by atoms with Crippen LogP contribution in [0.2, 0.25) is 0 Å². The second-order valence-corrected chi connectivity index (χ2v) is 5.00. The summed E-state index contributed by atoms with van der Waals surface area (Å²) in [6, 6.07) is 5.26. The number of nitro benzene ring substituents is 2. The van der Waals surface area contributed by atoms with Gasteiger partial charge in [-0.25, -0.2) is 0 Å². The summed E-state index contributed by atoms with van der Waals surface area (Å²) in [6.07, 6.45) is 0. The van der Waals surface area contributed by atoms with Crippen molar-refractivity contribution in [1.82, 2.24) is 0 Å². The van der Waals surface area contributed by atoms with Gasteiger partial charge in [0.15, 0.2) is 11.5 Å². The van der Waals surface area contributed by atoms with Gasteiger partial charge in [-0.15, -0.1) is 17.0 Å². The van der Waals surface area contributed by atoms with Crippen molar-refractivity contribution in [2.75, 3.05) is 7.11 Å². The fourth-order valence-corrected chi connectivity index (χ4v) is 1.90. The molecule has 0 aliphatic rings. The maximum absolute atomic E-state index is 10.4. The van der Waals surface area contributed by atoms with Crippen molar-refractivity contribution < 1.29 is 29.9 Å². The molecule has 0 bridgehead atoms. The summed E-state index contributed by atoms with van der Waals surface area (Å²) in [5.74, 6) is -1.47. The molecule has 0 fully saturated rings. The Hall–Kier alpha value is -3.08. The van der Waals surface area contributed by atoms with Gasteiger partial charge >= 0.3 is 11.4 Å². The predicted octanol–water partition coefficient (Wildman–Crippen LogP) is 3.51. The molecule has 0 saturated carbocycles. The van der Waals surface area contributed by atoms with Gasteiger partial charge in [0.1, 0.15) is 0 Å². The van der Waals surface area contributed by atoms with Crippen molar-refractivity contribution in [1.29, 1.82) is 0 Å². The third kappa shape index (κ3) is 5.48. The Morgan fingerprint density at radius 1 is 0.846 bits per heavy atom. The molecule has 0 spiro atoms. The van der Waals surface area contributed by atoms with Gasteiger partial charge in [0.25, 0.3) is 0 Å². The molecule has 11 heteroatoms. The first kappa shape index (κ1) is 22.9. The first-order valence-electron chi connectivity index (χ1n) is 6.77. The predicted molar refractivity (Wildman–Crippen MR) is 97.5 cm³/mol. The van der Waals surface area contributed by atoms with Crippen LogP contribution in [0.3, 0.4) is 0 Å². The highest BCUT2D eigenvalue weighted by Crippen LogP contribution is 2.36. The number of hydrogen-bond donors (Lipinski definition) is 3. The molecule has 0 radical (unpaired) electrons. The van der Waals surface area contributed by atoms with Gasteiger partial charge in [0, 0.05) is 12.1 Å². The molecule has 0 amide bonds. The maximum Gasteiger partial charge on any atom is 0.314 e. The molecule has 2 rings (SSSR count). The normalized spacial score (nSPS) is 9.35. The molecule has 26 heavy (non-hydrogen) atoms. The van der Waals surface area contributed by atoms with E-state index < -0.39 is 32.8 Å². The average molecular weight is 433 g/mol. The molecule has 2 aromatic carbocycles. The number of benzene rings is 2. The minimum atomic E-state index is -0.748. The zero-order valence-corrected chi connectivity index (χ0v) is 15.7. The molecule has 0 unspecified atom stereocenters. The van der Waals surface area contributed by atoms with Crippen LogP contribution in [0.1, 0.15) is 11.1 Å². The number of aryl methyl sites for hydroxylation is 2. The number of methoxy groups -OCH3 is 1. The second-order valence-electron chi connectivity index (χ2n) is 5.00. The van der Waals surface area contributed by atoms with Crippen LogP contribution in [0.25, 0.3) is 0 Å². The third-order valence-electron chi connectivity index (χ3n) is 3.03. The van der Waals surface area contributed by atoms with Crippen molar-refractivity contribution in [3.8, 4) is 23.0 Å². The van der Waals surface area contributed by atoms with Gasteiger partial charge in [-0.3, -0.25) is 20.2 Å². The molecular weight excluding hydrogens is 416 g/mol. The lowest BCUT2D eigenvalue weighted by Gasteiger charge is -2.04. The molecule has 10 nitrogen and oxygen atoms in total. The number of hydrogen-bond acceptors (Lipinski definition) is 8. The van der Waals surface area contributed by atoms with Crippen molar-refractivity contribution in [3.05, 3.63) is 55.6 Å². The van der Waals surface area contributed by atoms with Crippen LogP contribution >= 0.6 is 17.0 Å². The molecule has 3 N–H and O–H groups in total. The van der Waals surface area contributed by atoms with E-state index in [-0.39, 0.29) is 28.4 Å². The molecule has 0 aliphatic carbocycles. The van der Waals surface area contributed by atoms with E-state index in [0.717, 1.165) is 0 Å². The monoisotopic (exact) mass is 432 g/mol. The molecule has 0 atom stereocenters. The number of halogens is 1. The maximum atomic E-state index is 10.4. The van der Waals surface area contributed by atoms with Gasteiger partial charge < -0.3 is 20.1 Å².